The van der Waals surface area contributed by atoms with Gasteiger partial charge in [0.05, 0.1) is 5.56 Å². The molecule has 1 aliphatic carbocycles. The number of carbonyl (C=O) groups excluding carboxylic acids is 1. The lowest BCUT2D eigenvalue weighted by molar-refractivity contribution is 0.0948. The van der Waals surface area contributed by atoms with Crippen LogP contribution in [0.5, 0.6) is 0 Å². The third kappa shape index (κ3) is 4.47. The third-order valence-corrected chi connectivity index (χ3v) is 3.52. The molecule has 1 fully saturated rings. The molecular formula is C15H24N4O. The first kappa shape index (κ1) is 14.8. The van der Waals surface area contributed by atoms with Gasteiger partial charge < -0.3 is 10.6 Å². The molecular weight excluding hydrogens is 252 g/mol. The number of amides is 1. The highest BCUT2D eigenvalue weighted by atomic mass is 16.1. The zero-order valence-corrected chi connectivity index (χ0v) is 12.4. The van der Waals surface area contributed by atoms with Crippen LogP contribution < -0.4 is 10.6 Å². The molecule has 5 heteroatoms. The average molecular weight is 276 g/mol. The van der Waals surface area contributed by atoms with Crippen LogP contribution in [0.2, 0.25) is 0 Å². The summed E-state index contributed by atoms with van der Waals surface area (Å²) in [6.45, 7) is 4.79. The molecule has 0 saturated heterocycles. The molecule has 0 aliphatic heterocycles. The third-order valence-electron chi connectivity index (χ3n) is 3.52. The van der Waals surface area contributed by atoms with Gasteiger partial charge in [-0.25, -0.2) is 9.97 Å². The van der Waals surface area contributed by atoms with E-state index in [4.69, 9.17) is 0 Å². The van der Waals surface area contributed by atoms with E-state index in [1.165, 1.54) is 32.1 Å². The molecule has 1 aromatic rings. The number of nitrogens with one attached hydrogen (secondary N) is 2. The summed E-state index contributed by atoms with van der Waals surface area (Å²) in [6, 6.07) is 0.476. The van der Waals surface area contributed by atoms with Gasteiger partial charge in [-0.2, -0.15) is 0 Å². The van der Waals surface area contributed by atoms with Crippen molar-refractivity contribution < 1.29 is 4.79 Å². The van der Waals surface area contributed by atoms with E-state index in [2.05, 4.69) is 34.4 Å². The molecule has 0 aromatic carbocycles. The number of rotatable bonds is 5. The molecule has 2 rings (SSSR count). The summed E-state index contributed by atoms with van der Waals surface area (Å²) in [5.74, 6) is 0.951. The summed E-state index contributed by atoms with van der Waals surface area (Å²) in [4.78, 5) is 20.3. The van der Waals surface area contributed by atoms with Gasteiger partial charge >= 0.3 is 0 Å². The predicted molar refractivity (Wildman–Crippen MR) is 79.7 cm³/mol. The normalized spacial score (nSPS) is 16.1. The van der Waals surface area contributed by atoms with E-state index in [-0.39, 0.29) is 5.91 Å². The number of anilines is 1. The molecule has 1 aliphatic rings. The summed E-state index contributed by atoms with van der Waals surface area (Å²) in [5, 5.41) is 6.20. The summed E-state index contributed by atoms with van der Waals surface area (Å²) < 4.78 is 0. The fraction of sp³-hybridized carbons (Fsp3) is 0.667. The molecule has 0 bridgehead atoms. The van der Waals surface area contributed by atoms with Crippen LogP contribution in [0.3, 0.4) is 0 Å². The van der Waals surface area contributed by atoms with Crippen molar-refractivity contribution in [1.82, 2.24) is 15.3 Å². The topological polar surface area (TPSA) is 66.9 Å². The molecule has 20 heavy (non-hydrogen) atoms. The Bertz CT molecular complexity index is 424. The van der Waals surface area contributed by atoms with Gasteiger partial charge in [-0.3, -0.25) is 4.79 Å². The van der Waals surface area contributed by atoms with Crippen LogP contribution >= 0.6 is 0 Å². The van der Waals surface area contributed by atoms with Crippen LogP contribution in [0, 0.1) is 5.92 Å². The minimum Gasteiger partial charge on any atom is -0.352 e. The Balaban J connectivity index is 1.87. The first-order valence-electron chi connectivity index (χ1n) is 7.52. The van der Waals surface area contributed by atoms with Crippen molar-refractivity contribution in [2.24, 2.45) is 5.92 Å². The highest BCUT2D eigenvalue weighted by molar-refractivity contribution is 5.93. The maximum atomic E-state index is 11.8. The second kappa shape index (κ2) is 7.22. The molecule has 0 unspecified atom stereocenters. The van der Waals surface area contributed by atoms with Crippen molar-refractivity contribution in [2.45, 2.75) is 52.0 Å². The van der Waals surface area contributed by atoms with E-state index in [1.807, 2.05) is 0 Å². The Labute approximate surface area is 120 Å². The molecule has 1 saturated carbocycles. The van der Waals surface area contributed by atoms with Crippen LogP contribution in [0.4, 0.5) is 5.95 Å². The van der Waals surface area contributed by atoms with Crippen LogP contribution in [0.1, 0.15) is 56.3 Å². The van der Waals surface area contributed by atoms with Gasteiger partial charge in [0.2, 0.25) is 5.95 Å². The second-order valence-corrected chi connectivity index (χ2v) is 5.88. The Kier molecular flexibility index (Phi) is 5.32. The van der Waals surface area contributed by atoms with Crippen LogP contribution in [0.25, 0.3) is 0 Å². The van der Waals surface area contributed by atoms with E-state index in [0.717, 1.165) is 0 Å². The van der Waals surface area contributed by atoms with E-state index >= 15 is 0 Å². The van der Waals surface area contributed by atoms with E-state index in [9.17, 15) is 4.79 Å². The zero-order valence-electron chi connectivity index (χ0n) is 12.4. The van der Waals surface area contributed by atoms with E-state index in [1.54, 1.807) is 12.4 Å². The van der Waals surface area contributed by atoms with Gasteiger partial charge in [-0.15, -0.1) is 0 Å². The molecule has 2 N–H and O–H groups in total. The summed E-state index contributed by atoms with van der Waals surface area (Å²) in [6.07, 6.45) is 9.41. The Morgan fingerprint density at radius 1 is 1.25 bits per heavy atom. The quantitative estimate of drug-likeness (QED) is 0.867. The van der Waals surface area contributed by atoms with Crippen LogP contribution in [-0.2, 0) is 0 Å². The number of nitrogens with zero attached hydrogens (tertiary/aromatic N) is 2. The van der Waals surface area contributed by atoms with Crippen molar-refractivity contribution in [3.05, 3.63) is 18.0 Å². The fourth-order valence-corrected chi connectivity index (χ4v) is 2.35. The lowest BCUT2D eigenvalue weighted by atomic mass is 9.96. The zero-order chi connectivity index (χ0) is 14.4. The predicted octanol–water partition coefficient (Wildman–Crippen LogP) is 2.61. The van der Waals surface area contributed by atoms with Crippen molar-refractivity contribution in [1.29, 1.82) is 0 Å². The molecule has 0 atom stereocenters. The Morgan fingerprint density at radius 2 is 1.90 bits per heavy atom. The monoisotopic (exact) mass is 276 g/mol. The summed E-state index contributed by atoms with van der Waals surface area (Å²) in [5.41, 5.74) is 0.514. The highest BCUT2D eigenvalue weighted by Crippen LogP contribution is 2.19. The second-order valence-electron chi connectivity index (χ2n) is 5.88. The molecule has 1 heterocycles. The Hall–Kier alpha value is -1.65. The fourth-order valence-electron chi connectivity index (χ4n) is 2.35. The Morgan fingerprint density at radius 3 is 2.50 bits per heavy atom. The van der Waals surface area contributed by atoms with Gasteiger partial charge in [0.15, 0.2) is 0 Å². The first-order valence-corrected chi connectivity index (χ1v) is 7.52. The largest absolute Gasteiger partial charge is 0.352 e. The van der Waals surface area contributed by atoms with Crippen molar-refractivity contribution in [2.75, 3.05) is 11.9 Å². The maximum Gasteiger partial charge on any atom is 0.254 e. The minimum absolute atomic E-state index is 0.108. The molecule has 110 valence electrons. The summed E-state index contributed by atoms with van der Waals surface area (Å²) >= 11 is 0. The summed E-state index contributed by atoms with van der Waals surface area (Å²) in [7, 11) is 0. The van der Waals surface area contributed by atoms with E-state index < -0.39 is 0 Å². The molecule has 0 spiro atoms. The molecule has 1 amide bonds. The SMILES string of the molecule is CC(C)CNC(=O)c1cnc(NC2CCCCC2)nc1. The molecule has 5 nitrogen and oxygen atoms in total. The maximum absolute atomic E-state index is 11.8. The van der Waals surface area contributed by atoms with Crippen molar-refractivity contribution in [3.8, 4) is 0 Å². The average Bonchev–Trinajstić information content (AvgIpc) is 2.46. The smallest absolute Gasteiger partial charge is 0.254 e. The lowest BCUT2D eigenvalue weighted by Gasteiger charge is -2.22. The number of hydrogen-bond donors (Lipinski definition) is 2. The lowest BCUT2D eigenvalue weighted by Crippen LogP contribution is -2.28. The van der Waals surface area contributed by atoms with Crippen molar-refractivity contribution in [3.63, 3.8) is 0 Å². The molecule has 0 radical (unpaired) electrons. The highest BCUT2D eigenvalue weighted by Gasteiger charge is 2.14. The van der Waals surface area contributed by atoms with Crippen LogP contribution in [0.15, 0.2) is 12.4 Å². The van der Waals surface area contributed by atoms with Crippen molar-refractivity contribution >= 4 is 11.9 Å². The van der Waals surface area contributed by atoms with Gasteiger partial charge in [0.25, 0.3) is 5.91 Å². The van der Waals surface area contributed by atoms with E-state index in [0.29, 0.717) is 30.0 Å². The number of carbonyl (C=O) groups is 1. The van der Waals surface area contributed by atoms with Gasteiger partial charge in [-0.05, 0) is 18.8 Å². The number of hydrogen-bond acceptors (Lipinski definition) is 4. The van der Waals surface area contributed by atoms with Gasteiger partial charge in [-0.1, -0.05) is 33.1 Å². The standard InChI is InChI=1S/C15H24N4O/c1-11(2)8-16-14(20)12-9-17-15(18-10-12)19-13-6-4-3-5-7-13/h9-11,13H,3-8H2,1-2H3,(H,16,20)(H,17,18,19). The van der Waals surface area contributed by atoms with Gasteiger partial charge in [0, 0.05) is 25.0 Å². The van der Waals surface area contributed by atoms with Gasteiger partial charge in [0.1, 0.15) is 0 Å². The minimum atomic E-state index is -0.108. The molecule has 1 aromatic heterocycles. The van der Waals surface area contributed by atoms with Crippen LogP contribution in [-0.4, -0.2) is 28.5 Å². The first-order chi connectivity index (χ1) is 9.65. The number of aromatic nitrogens is 2.